The van der Waals surface area contributed by atoms with E-state index in [9.17, 15) is 9.59 Å². The molecule has 1 atom stereocenters. The van der Waals surface area contributed by atoms with E-state index < -0.39 is 0 Å². The highest BCUT2D eigenvalue weighted by Crippen LogP contribution is 2.22. The maximum Gasteiger partial charge on any atom is 0.307 e. The second kappa shape index (κ2) is 10.0. The predicted molar refractivity (Wildman–Crippen MR) is 105 cm³/mol. The van der Waals surface area contributed by atoms with Gasteiger partial charge in [0.2, 0.25) is 0 Å². The average molecular weight is 384 g/mol. The van der Waals surface area contributed by atoms with Crippen molar-refractivity contribution < 1.29 is 14.3 Å². The number of aryl methyl sites for hydroxylation is 2. The number of ether oxygens (including phenoxy) is 1. The first kappa shape index (κ1) is 20.0. The number of aromatic nitrogens is 3. The van der Waals surface area contributed by atoms with E-state index in [2.05, 4.69) is 22.4 Å². The van der Waals surface area contributed by atoms with Gasteiger partial charge in [-0.1, -0.05) is 35.5 Å². The molecule has 1 saturated heterocycles. The summed E-state index contributed by atoms with van der Waals surface area (Å²) in [6.45, 7) is 3.50. The number of piperidine rings is 1. The van der Waals surface area contributed by atoms with Crippen LogP contribution in [0.25, 0.3) is 0 Å². The molecule has 7 nitrogen and oxygen atoms in total. The van der Waals surface area contributed by atoms with Gasteiger partial charge in [0.1, 0.15) is 0 Å². The zero-order chi connectivity index (χ0) is 19.8. The van der Waals surface area contributed by atoms with E-state index in [4.69, 9.17) is 4.74 Å². The number of carbonyl (C=O) groups excluding carboxylic acids is 2. The number of esters is 1. The SMILES string of the molecule is CCOC(=O)C[C@@H]1CCCCN1C(=O)c1cn(CCCc2ccccc2)nn1. The van der Waals surface area contributed by atoms with Crippen LogP contribution in [0, 0.1) is 0 Å². The van der Waals surface area contributed by atoms with E-state index in [-0.39, 0.29) is 24.3 Å². The quantitative estimate of drug-likeness (QED) is 0.654. The Morgan fingerprint density at radius 2 is 2.04 bits per heavy atom. The van der Waals surface area contributed by atoms with Gasteiger partial charge in [0, 0.05) is 19.1 Å². The molecule has 2 heterocycles. The Bertz CT molecular complexity index is 775. The Balaban J connectivity index is 1.56. The number of nitrogens with zero attached hydrogens (tertiary/aromatic N) is 4. The van der Waals surface area contributed by atoms with Gasteiger partial charge in [-0.15, -0.1) is 5.10 Å². The van der Waals surface area contributed by atoms with Crippen LogP contribution in [0.5, 0.6) is 0 Å². The number of rotatable bonds is 8. The fourth-order valence-corrected chi connectivity index (χ4v) is 3.64. The number of benzene rings is 1. The molecule has 0 saturated carbocycles. The summed E-state index contributed by atoms with van der Waals surface area (Å²) in [5.74, 6) is -0.403. The lowest BCUT2D eigenvalue weighted by Gasteiger charge is -2.34. The maximum absolute atomic E-state index is 12.9. The molecular weight excluding hydrogens is 356 g/mol. The van der Waals surface area contributed by atoms with Crippen molar-refractivity contribution in [2.75, 3.05) is 13.2 Å². The zero-order valence-corrected chi connectivity index (χ0v) is 16.4. The van der Waals surface area contributed by atoms with Crippen LogP contribution in [0.3, 0.4) is 0 Å². The molecule has 28 heavy (non-hydrogen) atoms. The molecule has 1 aliphatic heterocycles. The third kappa shape index (κ3) is 5.41. The van der Waals surface area contributed by atoms with Crippen LogP contribution in [0.15, 0.2) is 36.5 Å². The molecule has 1 amide bonds. The van der Waals surface area contributed by atoms with Crippen LogP contribution in [0.1, 0.15) is 55.1 Å². The predicted octanol–water partition coefficient (Wildman–Crippen LogP) is 2.86. The van der Waals surface area contributed by atoms with Crippen LogP contribution in [-0.4, -0.2) is 51.0 Å². The van der Waals surface area contributed by atoms with Crippen LogP contribution in [-0.2, 0) is 22.5 Å². The van der Waals surface area contributed by atoms with Gasteiger partial charge in [-0.25, -0.2) is 0 Å². The second-order valence-electron chi connectivity index (χ2n) is 7.11. The monoisotopic (exact) mass is 384 g/mol. The van der Waals surface area contributed by atoms with Crippen molar-refractivity contribution in [1.82, 2.24) is 19.9 Å². The minimum Gasteiger partial charge on any atom is -0.466 e. The Morgan fingerprint density at radius 3 is 2.82 bits per heavy atom. The summed E-state index contributed by atoms with van der Waals surface area (Å²) in [5.41, 5.74) is 1.63. The molecule has 0 radical (unpaired) electrons. The molecule has 0 spiro atoms. The van der Waals surface area contributed by atoms with Crippen molar-refractivity contribution in [2.45, 2.75) is 58.0 Å². The zero-order valence-electron chi connectivity index (χ0n) is 16.4. The van der Waals surface area contributed by atoms with Gasteiger partial charge in [-0.3, -0.25) is 14.3 Å². The molecule has 1 aliphatic rings. The van der Waals surface area contributed by atoms with Gasteiger partial charge in [0.25, 0.3) is 5.91 Å². The topological polar surface area (TPSA) is 77.3 Å². The summed E-state index contributed by atoms with van der Waals surface area (Å²) in [6, 6.07) is 10.2. The third-order valence-corrected chi connectivity index (χ3v) is 5.05. The molecule has 1 aromatic heterocycles. The summed E-state index contributed by atoms with van der Waals surface area (Å²) in [4.78, 5) is 26.5. The Hall–Kier alpha value is -2.70. The Morgan fingerprint density at radius 1 is 1.21 bits per heavy atom. The van der Waals surface area contributed by atoms with E-state index >= 15 is 0 Å². The third-order valence-electron chi connectivity index (χ3n) is 5.05. The normalized spacial score (nSPS) is 16.8. The first-order valence-corrected chi connectivity index (χ1v) is 10.1. The summed E-state index contributed by atoms with van der Waals surface area (Å²) in [5, 5.41) is 8.18. The summed E-state index contributed by atoms with van der Waals surface area (Å²) >= 11 is 0. The van der Waals surface area contributed by atoms with Crippen LogP contribution in [0.4, 0.5) is 0 Å². The molecule has 150 valence electrons. The lowest BCUT2D eigenvalue weighted by molar-refractivity contribution is -0.144. The van der Waals surface area contributed by atoms with Gasteiger partial charge in [-0.05, 0) is 44.6 Å². The van der Waals surface area contributed by atoms with E-state index in [1.807, 2.05) is 18.2 Å². The molecule has 3 rings (SSSR count). The Kier molecular flexibility index (Phi) is 7.17. The largest absolute Gasteiger partial charge is 0.466 e. The van der Waals surface area contributed by atoms with Crippen molar-refractivity contribution in [1.29, 1.82) is 0 Å². The first-order valence-electron chi connectivity index (χ1n) is 10.1. The fraction of sp³-hybridized carbons (Fsp3) is 0.524. The smallest absolute Gasteiger partial charge is 0.307 e. The molecule has 7 heteroatoms. The lowest BCUT2D eigenvalue weighted by Crippen LogP contribution is -2.45. The minimum atomic E-state index is -0.253. The van der Waals surface area contributed by atoms with Crippen LogP contribution < -0.4 is 0 Å². The standard InChI is InChI=1S/C21H28N4O3/c1-2-28-20(26)15-18-12-6-7-14-25(18)21(27)19-16-24(23-22-19)13-8-11-17-9-4-3-5-10-17/h3-5,9-10,16,18H,2,6-8,11-15H2,1H3/t18-/m0/s1. The molecule has 2 aromatic rings. The van der Waals surface area contributed by atoms with Crippen LogP contribution in [0.2, 0.25) is 0 Å². The van der Waals surface area contributed by atoms with E-state index in [0.717, 1.165) is 32.1 Å². The van der Waals surface area contributed by atoms with Gasteiger partial charge in [0.05, 0.1) is 19.2 Å². The van der Waals surface area contributed by atoms with E-state index in [1.165, 1.54) is 5.56 Å². The minimum absolute atomic E-state index is 0.122. The van der Waals surface area contributed by atoms with Gasteiger partial charge in [0.15, 0.2) is 5.69 Å². The van der Waals surface area contributed by atoms with E-state index in [0.29, 0.717) is 25.4 Å². The van der Waals surface area contributed by atoms with Crippen molar-refractivity contribution in [3.05, 3.63) is 47.8 Å². The highest BCUT2D eigenvalue weighted by Gasteiger charge is 2.30. The van der Waals surface area contributed by atoms with Gasteiger partial charge in [-0.2, -0.15) is 0 Å². The highest BCUT2D eigenvalue weighted by molar-refractivity contribution is 5.92. The number of carbonyl (C=O) groups is 2. The number of likely N-dealkylation sites (tertiary alicyclic amines) is 1. The molecule has 0 N–H and O–H groups in total. The van der Waals surface area contributed by atoms with Gasteiger partial charge >= 0.3 is 5.97 Å². The molecule has 1 fully saturated rings. The molecule has 1 aromatic carbocycles. The van der Waals surface area contributed by atoms with Crippen molar-refractivity contribution in [3.63, 3.8) is 0 Å². The summed E-state index contributed by atoms with van der Waals surface area (Å²) in [7, 11) is 0. The van der Waals surface area contributed by atoms with Crippen molar-refractivity contribution in [2.24, 2.45) is 0 Å². The molecular formula is C21H28N4O3. The molecule has 0 bridgehead atoms. The summed E-state index contributed by atoms with van der Waals surface area (Å²) < 4.78 is 6.78. The van der Waals surface area contributed by atoms with Crippen molar-refractivity contribution in [3.8, 4) is 0 Å². The highest BCUT2D eigenvalue weighted by atomic mass is 16.5. The number of hydrogen-bond acceptors (Lipinski definition) is 5. The second-order valence-corrected chi connectivity index (χ2v) is 7.11. The molecule has 0 aliphatic carbocycles. The number of amides is 1. The van der Waals surface area contributed by atoms with E-state index in [1.54, 1.807) is 22.7 Å². The summed E-state index contributed by atoms with van der Waals surface area (Å²) in [6.07, 6.45) is 6.61. The first-order chi connectivity index (χ1) is 13.7. The number of hydrogen-bond donors (Lipinski definition) is 0. The Labute approximate surface area is 165 Å². The maximum atomic E-state index is 12.9. The average Bonchev–Trinajstić information content (AvgIpc) is 3.18. The fourth-order valence-electron chi connectivity index (χ4n) is 3.64. The van der Waals surface area contributed by atoms with Crippen LogP contribution >= 0.6 is 0 Å². The van der Waals surface area contributed by atoms with Crippen molar-refractivity contribution >= 4 is 11.9 Å². The molecule has 0 unspecified atom stereocenters. The lowest BCUT2D eigenvalue weighted by atomic mass is 9.99. The van der Waals surface area contributed by atoms with Gasteiger partial charge < -0.3 is 9.64 Å².